The number of rotatable bonds is 3. The van der Waals surface area contributed by atoms with E-state index in [4.69, 9.17) is 11.6 Å². The summed E-state index contributed by atoms with van der Waals surface area (Å²) < 4.78 is 28.2. The average molecular weight is 354 g/mol. The number of benzene rings is 2. The molecule has 2 aromatic rings. The van der Waals surface area contributed by atoms with Crippen molar-refractivity contribution in [1.29, 1.82) is 0 Å². The van der Waals surface area contributed by atoms with Crippen molar-refractivity contribution in [1.82, 2.24) is 0 Å². The molecule has 0 aliphatic rings. The van der Waals surface area contributed by atoms with Crippen molar-refractivity contribution in [2.75, 3.05) is 7.11 Å². The predicted molar refractivity (Wildman–Crippen MR) is 89.0 cm³/mol. The van der Waals surface area contributed by atoms with Crippen LogP contribution in [0, 0.1) is 6.92 Å². The number of methoxy groups -OCH3 is 1. The summed E-state index contributed by atoms with van der Waals surface area (Å²) in [6.45, 7) is 2.02. The largest absolute Gasteiger partial charge is 0.465 e. The highest BCUT2D eigenvalue weighted by atomic mass is 35.5. The third kappa shape index (κ3) is 7.08. The Morgan fingerprint density at radius 2 is 1.87 bits per heavy atom. The molecule has 0 saturated carbocycles. The Kier molecular flexibility index (Phi) is 8.01. The lowest BCUT2D eigenvalue weighted by atomic mass is 10.1. The summed E-state index contributed by atoms with van der Waals surface area (Å²) in [5, 5.41) is 0.840. The number of esters is 1. The van der Waals surface area contributed by atoms with Gasteiger partial charge in [0.05, 0.1) is 19.2 Å². The minimum Gasteiger partial charge on any atom is -0.465 e. The zero-order chi connectivity index (χ0) is 17.2. The van der Waals surface area contributed by atoms with Gasteiger partial charge in [0.1, 0.15) is 0 Å². The Bertz CT molecular complexity index is 774. The Labute approximate surface area is 141 Å². The number of nitrogens with zero attached hydrogens (tertiary/aromatic N) is 1. The summed E-state index contributed by atoms with van der Waals surface area (Å²) in [4.78, 5) is 11.1. The van der Waals surface area contributed by atoms with E-state index in [2.05, 4.69) is 9.10 Å². The first-order valence-corrected chi connectivity index (χ1v) is 8.00. The molecule has 0 saturated heterocycles. The first-order valence-electron chi connectivity index (χ1n) is 6.59. The molecular weight excluding hydrogens is 338 g/mol. The predicted octanol–water partition coefficient (Wildman–Crippen LogP) is 3.68. The van der Waals surface area contributed by atoms with Gasteiger partial charge in [0.2, 0.25) is 0 Å². The summed E-state index contributed by atoms with van der Waals surface area (Å²) in [6, 6.07) is 14.2. The van der Waals surface area contributed by atoms with E-state index in [1.807, 2.05) is 31.2 Å². The average Bonchev–Trinajstić information content (AvgIpc) is 2.56. The summed E-state index contributed by atoms with van der Waals surface area (Å²) in [6.07, 6.45) is 0. The van der Waals surface area contributed by atoms with Crippen molar-refractivity contribution >= 4 is 28.1 Å². The SMILES string of the molecule is COC(=O)c1cccc(CN=S(=O)=O)c1.Cc1ccccc1Cl. The van der Waals surface area contributed by atoms with Crippen LogP contribution in [-0.4, -0.2) is 21.5 Å². The fourth-order valence-corrected chi connectivity index (χ4v) is 1.98. The maximum atomic E-state index is 11.1. The zero-order valence-electron chi connectivity index (χ0n) is 12.7. The minimum absolute atomic E-state index is 0.0287. The maximum absolute atomic E-state index is 11.1. The zero-order valence-corrected chi connectivity index (χ0v) is 14.3. The lowest BCUT2D eigenvalue weighted by Crippen LogP contribution is -2.01. The highest BCUT2D eigenvalue weighted by molar-refractivity contribution is 7.61. The number of hydrogen-bond donors (Lipinski definition) is 0. The molecule has 0 spiro atoms. The molecule has 7 heteroatoms. The van der Waals surface area contributed by atoms with Crippen molar-refractivity contribution in [3.63, 3.8) is 0 Å². The molecule has 0 bridgehead atoms. The van der Waals surface area contributed by atoms with Crippen LogP contribution in [0.25, 0.3) is 0 Å². The van der Waals surface area contributed by atoms with Crippen LogP contribution in [0.2, 0.25) is 5.02 Å². The lowest BCUT2D eigenvalue weighted by Gasteiger charge is -2.00. The molecule has 5 nitrogen and oxygen atoms in total. The second-order valence-corrected chi connectivity index (χ2v) is 5.55. The van der Waals surface area contributed by atoms with Crippen molar-refractivity contribution in [3.8, 4) is 0 Å². The fraction of sp³-hybridized carbons (Fsp3) is 0.188. The Balaban J connectivity index is 0.000000277. The monoisotopic (exact) mass is 353 g/mol. The van der Waals surface area contributed by atoms with E-state index in [9.17, 15) is 13.2 Å². The van der Waals surface area contributed by atoms with E-state index in [1.165, 1.54) is 7.11 Å². The molecular formula is C16H16ClNO4S. The molecule has 2 rings (SSSR count). The number of hydrogen-bond acceptors (Lipinski definition) is 5. The second kappa shape index (κ2) is 9.76. The van der Waals surface area contributed by atoms with Gasteiger partial charge in [-0.1, -0.05) is 41.9 Å². The molecule has 0 radical (unpaired) electrons. The highest BCUT2D eigenvalue weighted by Gasteiger charge is 2.04. The molecule has 0 aliphatic carbocycles. The summed E-state index contributed by atoms with van der Waals surface area (Å²) >= 11 is 5.71. The van der Waals surface area contributed by atoms with E-state index in [0.29, 0.717) is 11.1 Å². The normalized spacial score (nSPS) is 9.35. The quantitative estimate of drug-likeness (QED) is 0.789. The molecule has 0 aliphatic heterocycles. The van der Waals surface area contributed by atoms with Crippen molar-refractivity contribution in [3.05, 3.63) is 70.2 Å². The number of carbonyl (C=O) groups excluding carboxylic acids is 1. The highest BCUT2D eigenvalue weighted by Crippen LogP contribution is 2.12. The topological polar surface area (TPSA) is 72.8 Å². The lowest BCUT2D eigenvalue weighted by molar-refractivity contribution is 0.0600. The van der Waals surface area contributed by atoms with Gasteiger partial charge >= 0.3 is 16.5 Å². The molecule has 0 heterocycles. The van der Waals surface area contributed by atoms with E-state index in [1.54, 1.807) is 24.3 Å². The molecule has 23 heavy (non-hydrogen) atoms. The molecule has 0 aromatic heterocycles. The van der Waals surface area contributed by atoms with Crippen LogP contribution < -0.4 is 0 Å². The van der Waals surface area contributed by atoms with Crippen molar-refractivity contribution in [2.24, 2.45) is 4.36 Å². The van der Waals surface area contributed by atoms with E-state index >= 15 is 0 Å². The van der Waals surface area contributed by atoms with Gasteiger partial charge in [-0.05, 0) is 36.2 Å². The van der Waals surface area contributed by atoms with Crippen LogP contribution in [-0.2, 0) is 21.8 Å². The van der Waals surface area contributed by atoms with Gasteiger partial charge in [-0.15, -0.1) is 0 Å². The molecule has 2 aromatic carbocycles. The summed E-state index contributed by atoms with van der Waals surface area (Å²) in [7, 11) is -1.14. The van der Waals surface area contributed by atoms with Crippen LogP contribution in [0.5, 0.6) is 0 Å². The smallest absolute Gasteiger partial charge is 0.337 e. The molecule has 0 amide bonds. The van der Waals surface area contributed by atoms with Gasteiger partial charge < -0.3 is 4.74 Å². The van der Waals surface area contributed by atoms with Gasteiger partial charge in [-0.2, -0.15) is 12.8 Å². The Morgan fingerprint density at radius 3 is 2.39 bits per heavy atom. The number of halogens is 1. The van der Waals surface area contributed by atoms with Crippen LogP contribution in [0.1, 0.15) is 21.5 Å². The van der Waals surface area contributed by atoms with Crippen LogP contribution in [0.15, 0.2) is 52.9 Å². The summed E-state index contributed by atoms with van der Waals surface area (Å²) in [5.74, 6) is -0.458. The van der Waals surface area contributed by atoms with Crippen LogP contribution >= 0.6 is 11.6 Å². The van der Waals surface area contributed by atoms with E-state index < -0.39 is 16.5 Å². The first-order chi connectivity index (χ1) is 10.9. The van der Waals surface area contributed by atoms with Crippen LogP contribution in [0.4, 0.5) is 0 Å². The molecule has 0 fully saturated rings. The minimum atomic E-state index is -2.43. The molecule has 0 atom stereocenters. The van der Waals surface area contributed by atoms with E-state index in [-0.39, 0.29) is 6.54 Å². The van der Waals surface area contributed by atoms with Gasteiger partial charge in [0.25, 0.3) is 0 Å². The Hall–Kier alpha value is -2.18. The maximum Gasteiger partial charge on any atom is 0.337 e. The molecule has 122 valence electrons. The second-order valence-electron chi connectivity index (χ2n) is 4.45. The van der Waals surface area contributed by atoms with Gasteiger partial charge in [-0.3, -0.25) is 0 Å². The van der Waals surface area contributed by atoms with Gasteiger partial charge in [-0.25, -0.2) is 4.79 Å². The standard InChI is InChI=1S/C9H9NO4S.C7H7Cl/c1-14-9(11)8-4-2-3-7(5-8)6-10-15(12)13;1-6-4-2-3-5-7(6)8/h2-5H,6H2,1H3;2-5H,1H3. The first kappa shape index (κ1) is 18.9. The summed E-state index contributed by atoms with van der Waals surface area (Å²) in [5.41, 5.74) is 2.15. The molecule has 0 unspecified atom stereocenters. The fourth-order valence-electron chi connectivity index (χ4n) is 1.59. The van der Waals surface area contributed by atoms with Crippen LogP contribution in [0.3, 0.4) is 0 Å². The number of ether oxygens (including phenoxy) is 1. The molecule has 0 N–H and O–H groups in total. The van der Waals surface area contributed by atoms with E-state index in [0.717, 1.165) is 10.6 Å². The van der Waals surface area contributed by atoms with Gasteiger partial charge in [0.15, 0.2) is 0 Å². The Morgan fingerprint density at radius 1 is 1.17 bits per heavy atom. The third-order valence-corrected chi connectivity index (χ3v) is 3.54. The van der Waals surface area contributed by atoms with Crippen molar-refractivity contribution < 1.29 is 17.9 Å². The number of aryl methyl sites for hydroxylation is 1. The third-order valence-electron chi connectivity index (χ3n) is 2.78. The number of carbonyl (C=O) groups is 1. The van der Waals surface area contributed by atoms with Crippen molar-refractivity contribution in [2.45, 2.75) is 13.5 Å². The van der Waals surface area contributed by atoms with Gasteiger partial charge in [0, 0.05) is 5.02 Å².